The number of piperidine rings is 1. The van der Waals surface area contributed by atoms with Crippen LogP contribution in [-0.4, -0.2) is 64.2 Å². The smallest absolute Gasteiger partial charge is 0.317 e. The molecule has 0 saturated carbocycles. The molecule has 1 fully saturated rings. The lowest BCUT2D eigenvalue weighted by Gasteiger charge is -2.38. The van der Waals surface area contributed by atoms with Crippen molar-refractivity contribution in [3.63, 3.8) is 0 Å². The number of benzene rings is 1. The molecular weight excluding hydrogens is 276 g/mol. The Kier molecular flexibility index (Phi) is 5.24. The van der Waals surface area contributed by atoms with Gasteiger partial charge in [0.1, 0.15) is 0 Å². The number of likely N-dealkylation sites (tertiary alicyclic amines) is 1. The number of aliphatic hydroxyl groups is 3. The molecule has 0 radical (unpaired) electrons. The van der Waals surface area contributed by atoms with Crippen LogP contribution in [0.3, 0.4) is 0 Å². The van der Waals surface area contributed by atoms with Crippen molar-refractivity contribution in [2.75, 3.05) is 26.8 Å². The molecule has 1 aromatic carbocycles. The Morgan fingerprint density at radius 2 is 2.14 bits per heavy atom. The fourth-order valence-electron chi connectivity index (χ4n) is 2.63. The molecule has 3 atom stereocenters. The normalized spacial score (nSPS) is 26.6. The Morgan fingerprint density at radius 3 is 2.81 bits per heavy atom. The summed E-state index contributed by atoms with van der Waals surface area (Å²) in [5.41, 5.74) is 1.29. The second-order valence-corrected chi connectivity index (χ2v) is 5.30. The lowest BCUT2D eigenvalue weighted by molar-refractivity contribution is -0.736. The van der Waals surface area contributed by atoms with Crippen LogP contribution in [0.15, 0.2) is 24.3 Å². The molecule has 1 aromatic rings. The van der Waals surface area contributed by atoms with Gasteiger partial charge in [-0.2, -0.15) is 0 Å². The van der Waals surface area contributed by atoms with Crippen LogP contribution in [0, 0.1) is 10.8 Å². The zero-order valence-corrected chi connectivity index (χ0v) is 11.9. The van der Waals surface area contributed by atoms with Crippen LogP contribution in [-0.2, 0) is 11.4 Å². The van der Waals surface area contributed by atoms with Gasteiger partial charge in [0.15, 0.2) is 7.11 Å². The molecule has 0 amide bonds. The summed E-state index contributed by atoms with van der Waals surface area (Å²) in [6, 6.07) is 6.99. The molecule has 0 aliphatic carbocycles. The maximum absolute atomic E-state index is 11.4. The van der Waals surface area contributed by atoms with Crippen molar-refractivity contribution in [3.8, 4) is 0 Å². The minimum absolute atomic E-state index is 0.174. The van der Waals surface area contributed by atoms with Gasteiger partial charge in [0.2, 0.25) is 0 Å². The van der Waals surface area contributed by atoms with Gasteiger partial charge in [-0.05, 0) is 5.56 Å². The van der Waals surface area contributed by atoms with Crippen molar-refractivity contribution in [2.45, 2.75) is 18.8 Å². The molecule has 3 N–H and O–H groups in total. The lowest BCUT2D eigenvalue weighted by Crippen LogP contribution is -2.53. The maximum Gasteiger partial charge on any atom is 0.317 e. The first-order chi connectivity index (χ1) is 10.0. The standard InChI is InChI=1S/C14H21N2O5/c1-21-16(20)12-4-2-3-10(5-12)6-15-7-11(9-17)14(19)13(18)8-15/h2-5,11,13-14,17-19H,6-9H2,1H3/q+1. The molecule has 1 heterocycles. The first-order valence-electron chi connectivity index (χ1n) is 6.84. The predicted molar refractivity (Wildman–Crippen MR) is 74.6 cm³/mol. The number of hydrogen-bond acceptors (Lipinski definition) is 6. The molecule has 1 saturated heterocycles. The van der Waals surface area contributed by atoms with Crippen LogP contribution < -0.4 is 0 Å². The summed E-state index contributed by atoms with van der Waals surface area (Å²) < 4.78 is 0. The van der Waals surface area contributed by atoms with Crippen molar-refractivity contribution < 1.29 is 25.1 Å². The second kappa shape index (κ2) is 6.95. The van der Waals surface area contributed by atoms with Crippen LogP contribution in [0.1, 0.15) is 5.56 Å². The zero-order valence-electron chi connectivity index (χ0n) is 11.9. The summed E-state index contributed by atoms with van der Waals surface area (Å²) >= 11 is 0. The summed E-state index contributed by atoms with van der Waals surface area (Å²) in [4.78, 5) is 18.4. The van der Waals surface area contributed by atoms with E-state index in [1.807, 2.05) is 11.0 Å². The highest BCUT2D eigenvalue weighted by Gasteiger charge is 2.34. The van der Waals surface area contributed by atoms with Crippen molar-refractivity contribution in [2.24, 2.45) is 5.92 Å². The van der Waals surface area contributed by atoms with Crippen LogP contribution in [0.4, 0.5) is 5.69 Å². The third-order valence-electron chi connectivity index (χ3n) is 3.74. The van der Waals surface area contributed by atoms with Gasteiger partial charge in [0.05, 0.1) is 17.1 Å². The molecule has 21 heavy (non-hydrogen) atoms. The van der Waals surface area contributed by atoms with Crippen molar-refractivity contribution in [1.82, 2.24) is 4.90 Å². The summed E-state index contributed by atoms with van der Waals surface area (Å²) in [7, 11) is 1.30. The summed E-state index contributed by atoms with van der Waals surface area (Å²) in [6.45, 7) is 1.16. The Balaban J connectivity index is 2.06. The van der Waals surface area contributed by atoms with Crippen molar-refractivity contribution >= 4 is 5.69 Å². The average Bonchev–Trinajstić information content (AvgIpc) is 2.50. The van der Waals surface area contributed by atoms with Gasteiger partial charge >= 0.3 is 5.69 Å². The number of hydrogen-bond donors (Lipinski definition) is 3. The van der Waals surface area contributed by atoms with Crippen LogP contribution in [0.25, 0.3) is 0 Å². The van der Waals surface area contributed by atoms with Gasteiger partial charge in [0, 0.05) is 44.3 Å². The highest BCUT2D eigenvalue weighted by Crippen LogP contribution is 2.21. The Morgan fingerprint density at radius 1 is 1.38 bits per heavy atom. The molecule has 0 aromatic heterocycles. The minimum Gasteiger partial charge on any atom is -0.396 e. The quantitative estimate of drug-likeness (QED) is 0.652. The van der Waals surface area contributed by atoms with Gasteiger partial charge in [0.25, 0.3) is 4.92 Å². The van der Waals surface area contributed by atoms with E-state index in [-0.39, 0.29) is 12.5 Å². The molecule has 1 aliphatic rings. The molecule has 3 unspecified atom stereocenters. The fourth-order valence-corrected chi connectivity index (χ4v) is 2.63. The topological polar surface area (TPSA) is 93.2 Å². The highest BCUT2D eigenvalue weighted by molar-refractivity contribution is 5.33. The van der Waals surface area contributed by atoms with E-state index < -0.39 is 12.2 Å². The first-order valence-corrected chi connectivity index (χ1v) is 6.84. The number of rotatable bonds is 5. The fraction of sp³-hybridized carbons (Fsp3) is 0.571. The van der Waals surface area contributed by atoms with Crippen LogP contribution in [0.2, 0.25) is 0 Å². The monoisotopic (exact) mass is 297 g/mol. The molecule has 1 aliphatic heterocycles. The van der Waals surface area contributed by atoms with E-state index in [0.717, 1.165) is 5.56 Å². The van der Waals surface area contributed by atoms with E-state index in [9.17, 15) is 20.2 Å². The van der Waals surface area contributed by atoms with Gasteiger partial charge in [-0.3, -0.25) is 4.90 Å². The number of nitrogens with zero attached hydrogens (tertiary/aromatic N) is 2. The van der Waals surface area contributed by atoms with Crippen molar-refractivity contribution in [1.29, 1.82) is 0 Å². The molecule has 116 valence electrons. The Bertz CT molecular complexity index is 496. The van der Waals surface area contributed by atoms with Gasteiger partial charge in [-0.15, -0.1) is 0 Å². The van der Waals surface area contributed by atoms with Gasteiger partial charge in [-0.1, -0.05) is 12.1 Å². The third kappa shape index (κ3) is 3.76. The molecule has 7 nitrogen and oxygen atoms in total. The first kappa shape index (κ1) is 15.8. The molecular formula is C14H21N2O5+. The van der Waals surface area contributed by atoms with Crippen molar-refractivity contribution in [3.05, 3.63) is 34.7 Å². The van der Waals surface area contributed by atoms with E-state index in [1.165, 1.54) is 7.11 Å². The number of β-amino-alcohol motifs (C(OH)–C–C–N with tert-alkyl or cyclic N) is 1. The van der Waals surface area contributed by atoms with Crippen LogP contribution >= 0.6 is 0 Å². The molecule has 2 rings (SSSR count). The van der Waals surface area contributed by atoms with E-state index in [0.29, 0.717) is 30.2 Å². The minimum atomic E-state index is -0.900. The highest BCUT2D eigenvalue weighted by atomic mass is 16.8. The summed E-state index contributed by atoms with van der Waals surface area (Å²) in [6.07, 6.45) is -1.78. The number of aliphatic hydroxyl groups excluding tert-OH is 3. The maximum atomic E-state index is 11.4. The van der Waals surface area contributed by atoms with Gasteiger partial charge < -0.3 is 15.3 Å². The molecule has 7 heteroatoms. The molecule has 0 spiro atoms. The average molecular weight is 297 g/mol. The van der Waals surface area contributed by atoms with Gasteiger partial charge in [-0.25, -0.2) is 4.84 Å². The second-order valence-electron chi connectivity index (χ2n) is 5.30. The third-order valence-corrected chi connectivity index (χ3v) is 3.74. The van der Waals surface area contributed by atoms with E-state index >= 15 is 0 Å². The summed E-state index contributed by atoms with van der Waals surface area (Å²) in [5, 5.41) is 28.8. The van der Waals surface area contributed by atoms with E-state index in [2.05, 4.69) is 4.84 Å². The van der Waals surface area contributed by atoms with E-state index in [1.54, 1.807) is 18.2 Å². The lowest BCUT2D eigenvalue weighted by atomic mass is 9.93. The molecule has 0 bridgehead atoms. The van der Waals surface area contributed by atoms with E-state index in [4.69, 9.17) is 0 Å². The Labute approximate surface area is 122 Å². The zero-order chi connectivity index (χ0) is 15.4. The largest absolute Gasteiger partial charge is 0.396 e. The summed E-state index contributed by atoms with van der Waals surface area (Å²) in [5.74, 6) is -0.369. The van der Waals surface area contributed by atoms with Crippen LogP contribution in [0.5, 0.6) is 0 Å². The Hall–Kier alpha value is -1.54. The predicted octanol–water partition coefficient (Wildman–Crippen LogP) is -0.196. The SMILES string of the molecule is CO[N+](=O)c1cccc(CN2CC(O)C(O)C(CO)C2)c1.